The number of hydrogen-bond acceptors (Lipinski definition) is 7. The predicted octanol–water partition coefficient (Wildman–Crippen LogP) is 4.12. The molecule has 236 valence electrons. The topological polar surface area (TPSA) is 138 Å². The van der Waals surface area contributed by atoms with E-state index in [1.54, 1.807) is 80.6 Å². The van der Waals surface area contributed by atoms with Crippen molar-refractivity contribution in [3.63, 3.8) is 0 Å². The summed E-state index contributed by atoms with van der Waals surface area (Å²) < 4.78 is 40.3. The van der Waals surface area contributed by atoms with Crippen molar-refractivity contribution in [2.75, 3.05) is 43.9 Å². The van der Waals surface area contributed by atoms with Crippen molar-refractivity contribution in [2.45, 2.75) is 44.2 Å². The number of carbonyl (C=O) groups is 2. The molecule has 0 radical (unpaired) electrons. The molecule has 4 rings (SSSR count). The van der Waals surface area contributed by atoms with Gasteiger partial charge in [-0.3, -0.25) is 9.52 Å². The maximum Gasteiger partial charge on any atom is 0.321 e. The number of hydrogen-bond donors (Lipinski definition) is 3. The number of sulfonamides is 1. The predicted molar refractivity (Wildman–Crippen MR) is 169 cm³/mol. The van der Waals surface area contributed by atoms with Crippen molar-refractivity contribution >= 4 is 33.3 Å². The van der Waals surface area contributed by atoms with Gasteiger partial charge >= 0.3 is 6.03 Å². The number of ether oxygens (including phenoxy) is 2. The van der Waals surface area contributed by atoms with Crippen molar-refractivity contribution in [3.8, 4) is 11.5 Å². The van der Waals surface area contributed by atoms with Gasteiger partial charge in [-0.2, -0.15) is 0 Å². The lowest BCUT2D eigenvalue weighted by Gasteiger charge is -2.34. The van der Waals surface area contributed by atoms with E-state index in [0.717, 1.165) is 5.56 Å². The SMILES string of the molecule is COc1ccc(NC(=O)N(C)C[C@@H]2Oc3ccc(NS(=O)(=O)c4ccc(C)cc4)cc3CC(=O)N([C@@H](C)CO)C[C@H]2C)cc1. The Kier molecular flexibility index (Phi) is 10.4. The van der Waals surface area contributed by atoms with Gasteiger partial charge in [0.15, 0.2) is 0 Å². The van der Waals surface area contributed by atoms with Gasteiger partial charge < -0.3 is 29.7 Å². The molecule has 1 heterocycles. The molecule has 0 aromatic heterocycles. The third-order valence-corrected chi connectivity index (χ3v) is 9.04. The van der Waals surface area contributed by atoms with Gasteiger partial charge in [0.25, 0.3) is 10.0 Å². The summed E-state index contributed by atoms with van der Waals surface area (Å²) in [6.07, 6.45) is -0.595. The number of likely N-dealkylation sites (N-methyl/N-ethyl adjacent to an activating group) is 1. The maximum atomic E-state index is 13.5. The average molecular weight is 625 g/mol. The van der Waals surface area contributed by atoms with Crippen LogP contribution < -0.4 is 19.5 Å². The normalized spacial score (nSPS) is 17.7. The Bertz CT molecular complexity index is 1560. The van der Waals surface area contributed by atoms with Crippen LogP contribution in [-0.2, 0) is 21.2 Å². The summed E-state index contributed by atoms with van der Waals surface area (Å²) in [6, 6.07) is 17.5. The summed E-state index contributed by atoms with van der Waals surface area (Å²) in [6.45, 7) is 5.83. The second-order valence-electron chi connectivity index (χ2n) is 11.2. The number of anilines is 2. The number of aliphatic hydroxyl groups excluding tert-OH is 1. The minimum atomic E-state index is -3.87. The number of rotatable bonds is 9. The smallest absolute Gasteiger partial charge is 0.321 e. The van der Waals surface area contributed by atoms with E-state index in [-0.39, 0.29) is 48.0 Å². The number of aryl methyl sites for hydroxylation is 1. The highest BCUT2D eigenvalue weighted by molar-refractivity contribution is 7.92. The van der Waals surface area contributed by atoms with Crippen molar-refractivity contribution < 1.29 is 32.6 Å². The highest BCUT2D eigenvalue weighted by Crippen LogP contribution is 2.30. The molecule has 3 N–H and O–H groups in total. The van der Waals surface area contributed by atoms with Crippen LogP contribution >= 0.6 is 0 Å². The zero-order valence-corrected chi connectivity index (χ0v) is 26.4. The Morgan fingerprint density at radius 3 is 2.41 bits per heavy atom. The number of fused-ring (bicyclic) bond motifs is 1. The molecular formula is C32H40N4O7S. The Balaban J connectivity index is 1.60. The molecule has 0 saturated carbocycles. The number of benzene rings is 3. The first-order valence-electron chi connectivity index (χ1n) is 14.4. The summed E-state index contributed by atoms with van der Waals surface area (Å²) in [5, 5.41) is 12.8. The summed E-state index contributed by atoms with van der Waals surface area (Å²) in [5.74, 6) is 0.629. The monoisotopic (exact) mass is 624 g/mol. The minimum Gasteiger partial charge on any atom is -0.497 e. The Morgan fingerprint density at radius 2 is 1.77 bits per heavy atom. The second-order valence-corrected chi connectivity index (χ2v) is 12.9. The molecule has 3 aromatic rings. The molecule has 0 bridgehead atoms. The average Bonchev–Trinajstić information content (AvgIpc) is 3.04. The number of methoxy groups -OCH3 is 1. The van der Waals surface area contributed by atoms with E-state index in [0.29, 0.717) is 29.3 Å². The fraction of sp³-hybridized carbons (Fsp3) is 0.375. The zero-order chi connectivity index (χ0) is 32.0. The molecule has 0 spiro atoms. The van der Waals surface area contributed by atoms with Crippen LogP contribution in [0.2, 0.25) is 0 Å². The van der Waals surface area contributed by atoms with Crippen LogP contribution in [-0.4, -0.2) is 81.3 Å². The highest BCUT2D eigenvalue weighted by Gasteiger charge is 2.32. The molecule has 0 saturated heterocycles. The molecule has 3 aromatic carbocycles. The first kappa shape index (κ1) is 32.6. The third kappa shape index (κ3) is 8.00. The zero-order valence-electron chi connectivity index (χ0n) is 25.6. The molecule has 0 fully saturated rings. The Labute approximate surface area is 258 Å². The largest absolute Gasteiger partial charge is 0.497 e. The molecule has 0 unspecified atom stereocenters. The van der Waals surface area contributed by atoms with Crippen LogP contribution in [0.3, 0.4) is 0 Å². The van der Waals surface area contributed by atoms with E-state index in [1.165, 1.54) is 17.0 Å². The lowest BCUT2D eigenvalue weighted by atomic mass is 10.0. The molecule has 1 aliphatic rings. The number of nitrogens with one attached hydrogen (secondary N) is 2. The van der Waals surface area contributed by atoms with Crippen molar-refractivity contribution in [3.05, 3.63) is 77.9 Å². The molecule has 44 heavy (non-hydrogen) atoms. The van der Waals surface area contributed by atoms with Crippen molar-refractivity contribution in [2.24, 2.45) is 5.92 Å². The number of aliphatic hydroxyl groups is 1. The minimum absolute atomic E-state index is 0.0625. The van der Waals surface area contributed by atoms with E-state index < -0.39 is 22.2 Å². The van der Waals surface area contributed by atoms with Gasteiger partial charge in [0.2, 0.25) is 5.91 Å². The fourth-order valence-electron chi connectivity index (χ4n) is 4.89. The van der Waals surface area contributed by atoms with Gasteiger partial charge in [0, 0.05) is 36.4 Å². The molecule has 3 amide bonds. The third-order valence-electron chi connectivity index (χ3n) is 7.64. The number of carbonyl (C=O) groups excluding carboxylic acids is 2. The Morgan fingerprint density at radius 1 is 1.11 bits per heavy atom. The van der Waals surface area contributed by atoms with Crippen LogP contribution in [0.4, 0.5) is 16.2 Å². The number of amides is 3. The van der Waals surface area contributed by atoms with E-state index >= 15 is 0 Å². The van der Waals surface area contributed by atoms with E-state index in [2.05, 4.69) is 10.0 Å². The lowest BCUT2D eigenvalue weighted by Crippen LogP contribution is -2.48. The van der Waals surface area contributed by atoms with Crippen LogP contribution in [0.5, 0.6) is 11.5 Å². The first-order valence-corrected chi connectivity index (χ1v) is 15.8. The Hall–Kier alpha value is -4.29. The molecule has 0 aliphatic carbocycles. The first-order chi connectivity index (χ1) is 20.9. The second kappa shape index (κ2) is 14.0. The summed E-state index contributed by atoms with van der Waals surface area (Å²) in [5.41, 5.74) is 2.30. The maximum absolute atomic E-state index is 13.5. The number of urea groups is 1. The van der Waals surface area contributed by atoms with Gasteiger partial charge in [0.1, 0.15) is 17.6 Å². The van der Waals surface area contributed by atoms with Crippen LogP contribution in [0.1, 0.15) is 25.0 Å². The molecule has 1 aliphatic heterocycles. The van der Waals surface area contributed by atoms with Crippen LogP contribution in [0, 0.1) is 12.8 Å². The fourth-order valence-corrected chi connectivity index (χ4v) is 5.94. The summed E-state index contributed by atoms with van der Waals surface area (Å²) >= 11 is 0. The highest BCUT2D eigenvalue weighted by atomic mass is 32.2. The summed E-state index contributed by atoms with van der Waals surface area (Å²) in [7, 11) is -0.649. The standard InChI is InChI=1S/C32H40N4O7S/c1-21-6-13-28(14-7-21)44(40,41)34-26-10-15-29-24(16-26)17-31(38)36(23(3)20-37)18-22(2)30(43-29)19-35(4)32(39)33-25-8-11-27(42-5)12-9-25/h6-16,22-23,30,34,37H,17-20H2,1-5H3,(H,33,39)/t22-,23+,30+/m1/s1. The van der Waals surface area contributed by atoms with Crippen molar-refractivity contribution in [1.29, 1.82) is 0 Å². The number of nitrogens with zero attached hydrogens (tertiary/aromatic N) is 2. The van der Waals surface area contributed by atoms with Gasteiger partial charge in [-0.05, 0) is 68.4 Å². The summed E-state index contributed by atoms with van der Waals surface area (Å²) in [4.78, 5) is 29.8. The molecular weight excluding hydrogens is 584 g/mol. The van der Waals surface area contributed by atoms with Gasteiger partial charge in [-0.15, -0.1) is 0 Å². The van der Waals surface area contributed by atoms with Gasteiger partial charge in [0.05, 0.1) is 37.6 Å². The van der Waals surface area contributed by atoms with Crippen LogP contribution in [0.15, 0.2) is 71.6 Å². The van der Waals surface area contributed by atoms with Gasteiger partial charge in [-0.25, -0.2) is 13.2 Å². The quantitative estimate of drug-likeness (QED) is 0.326. The van der Waals surface area contributed by atoms with E-state index in [4.69, 9.17) is 9.47 Å². The molecule has 12 heteroatoms. The van der Waals surface area contributed by atoms with Crippen molar-refractivity contribution in [1.82, 2.24) is 9.80 Å². The van der Waals surface area contributed by atoms with Crippen LogP contribution in [0.25, 0.3) is 0 Å². The lowest BCUT2D eigenvalue weighted by molar-refractivity contribution is -0.134. The van der Waals surface area contributed by atoms with Gasteiger partial charge in [-0.1, -0.05) is 24.6 Å². The molecule has 11 nitrogen and oxygen atoms in total. The molecule has 3 atom stereocenters. The van der Waals surface area contributed by atoms with E-state index in [9.17, 15) is 23.1 Å². The van der Waals surface area contributed by atoms with E-state index in [1.807, 2.05) is 13.8 Å².